The van der Waals surface area contributed by atoms with Crippen LogP contribution in [0.4, 0.5) is 0 Å². The Bertz CT molecular complexity index is 463. The first kappa shape index (κ1) is 23.4. The summed E-state index contributed by atoms with van der Waals surface area (Å²) >= 11 is 0. The van der Waals surface area contributed by atoms with E-state index in [2.05, 4.69) is 28.9 Å². The Hall–Kier alpha value is -0.870. The lowest BCUT2D eigenvalue weighted by molar-refractivity contribution is -0.119. The molecule has 0 fully saturated rings. The summed E-state index contributed by atoms with van der Waals surface area (Å²) < 4.78 is 0. The number of ketones is 1. The number of benzene rings is 1. The van der Waals surface area contributed by atoms with E-state index in [0.29, 0.717) is 0 Å². The first-order valence-corrected chi connectivity index (χ1v) is 6.96. The smallest absolute Gasteiger partial charge is 0.161 e. The molecule has 0 heterocycles. The van der Waals surface area contributed by atoms with Crippen molar-refractivity contribution in [2.75, 3.05) is 41.3 Å². The van der Waals surface area contributed by atoms with E-state index in [1.807, 2.05) is 46.4 Å². The average Bonchev–Trinajstić information content (AvgIpc) is 2.34. The average molecular weight is 347 g/mol. The Labute approximate surface area is 147 Å². The van der Waals surface area contributed by atoms with Gasteiger partial charge in [-0.05, 0) is 46.8 Å². The van der Waals surface area contributed by atoms with Gasteiger partial charge in [-0.2, -0.15) is 0 Å². The monoisotopic (exact) mass is 346 g/mol. The van der Waals surface area contributed by atoms with E-state index >= 15 is 0 Å². The summed E-state index contributed by atoms with van der Waals surface area (Å²) in [6, 6.07) is 8.16. The summed E-state index contributed by atoms with van der Waals surface area (Å²) in [5.74, 6) is 0.204. The molecule has 0 amide bonds. The molecule has 0 radical (unpaired) electrons. The minimum absolute atomic E-state index is 0. The summed E-state index contributed by atoms with van der Waals surface area (Å²) in [4.78, 5) is 16.5. The number of hydrogen-bond donors (Lipinski definition) is 0. The van der Waals surface area contributed by atoms with Crippen LogP contribution in [0.5, 0.6) is 0 Å². The van der Waals surface area contributed by atoms with Crippen LogP contribution in [0.3, 0.4) is 0 Å². The van der Waals surface area contributed by atoms with Crippen LogP contribution < -0.4 is 0 Å². The highest BCUT2D eigenvalue weighted by Gasteiger charge is 2.17. The predicted molar refractivity (Wildman–Crippen MR) is 100 cm³/mol. The standard InChI is InChI=1S/C17H26N2O.2ClH/c1-14-7-6-8-15(11-14)9-10-17(20)16(12-18(2)3)13-19(4)5;;/h6-11,16H,12-13H2,1-5H3;2*1H/b10-9+;;. The summed E-state index contributed by atoms with van der Waals surface area (Å²) in [6.07, 6.45) is 3.63. The Morgan fingerprint density at radius 1 is 1.09 bits per heavy atom. The van der Waals surface area contributed by atoms with Gasteiger partial charge < -0.3 is 9.80 Å². The lowest BCUT2D eigenvalue weighted by Crippen LogP contribution is -2.34. The van der Waals surface area contributed by atoms with Gasteiger partial charge >= 0.3 is 0 Å². The second kappa shape index (κ2) is 11.7. The molecule has 1 aromatic rings. The van der Waals surface area contributed by atoms with E-state index < -0.39 is 0 Å². The molecule has 1 rings (SSSR count). The number of aryl methyl sites for hydroxylation is 1. The minimum atomic E-state index is 0. The van der Waals surface area contributed by atoms with Crippen molar-refractivity contribution in [3.05, 3.63) is 41.5 Å². The van der Waals surface area contributed by atoms with Gasteiger partial charge in [0.1, 0.15) is 0 Å². The zero-order chi connectivity index (χ0) is 15.1. The van der Waals surface area contributed by atoms with E-state index in [1.165, 1.54) is 5.56 Å². The molecule has 0 saturated heterocycles. The zero-order valence-electron chi connectivity index (χ0n) is 14.1. The summed E-state index contributed by atoms with van der Waals surface area (Å²) in [5.41, 5.74) is 2.28. The van der Waals surface area contributed by atoms with Crippen molar-refractivity contribution in [3.63, 3.8) is 0 Å². The van der Waals surface area contributed by atoms with E-state index in [0.717, 1.165) is 18.7 Å². The number of halogens is 2. The van der Waals surface area contributed by atoms with Crippen molar-refractivity contribution in [2.45, 2.75) is 6.92 Å². The van der Waals surface area contributed by atoms with Crippen molar-refractivity contribution in [3.8, 4) is 0 Å². The molecule has 0 unspecified atom stereocenters. The lowest BCUT2D eigenvalue weighted by Gasteiger charge is -2.22. The van der Waals surface area contributed by atoms with E-state index in [9.17, 15) is 4.79 Å². The van der Waals surface area contributed by atoms with Crippen molar-refractivity contribution >= 4 is 36.7 Å². The Morgan fingerprint density at radius 3 is 2.09 bits per heavy atom. The highest BCUT2D eigenvalue weighted by molar-refractivity contribution is 5.95. The summed E-state index contributed by atoms with van der Waals surface area (Å²) in [6.45, 7) is 3.60. The van der Waals surface area contributed by atoms with Gasteiger partial charge in [-0.1, -0.05) is 35.9 Å². The number of nitrogens with zero attached hydrogens (tertiary/aromatic N) is 2. The molecule has 0 aliphatic rings. The predicted octanol–water partition coefficient (Wildman–Crippen LogP) is 3.16. The molecule has 0 N–H and O–H groups in total. The molecule has 126 valence electrons. The van der Waals surface area contributed by atoms with E-state index in [4.69, 9.17) is 0 Å². The fraction of sp³-hybridized carbons (Fsp3) is 0.471. The first-order valence-electron chi connectivity index (χ1n) is 6.96. The molecule has 3 nitrogen and oxygen atoms in total. The van der Waals surface area contributed by atoms with Gasteiger partial charge in [-0.15, -0.1) is 24.8 Å². The summed E-state index contributed by atoms with van der Waals surface area (Å²) in [7, 11) is 8.00. The zero-order valence-corrected chi connectivity index (χ0v) is 15.7. The van der Waals surface area contributed by atoms with Gasteiger partial charge in [0.15, 0.2) is 5.78 Å². The molecule has 0 saturated carbocycles. The maximum absolute atomic E-state index is 12.3. The van der Waals surface area contributed by atoms with Crippen LogP contribution in [0.25, 0.3) is 6.08 Å². The van der Waals surface area contributed by atoms with Gasteiger partial charge in [0.2, 0.25) is 0 Å². The van der Waals surface area contributed by atoms with E-state index in [1.54, 1.807) is 6.08 Å². The van der Waals surface area contributed by atoms with Gasteiger partial charge in [-0.25, -0.2) is 0 Å². The van der Waals surface area contributed by atoms with Crippen molar-refractivity contribution in [1.82, 2.24) is 9.80 Å². The second-order valence-corrected chi connectivity index (χ2v) is 5.87. The van der Waals surface area contributed by atoms with Crippen LogP contribution in [0.1, 0.15) is 11.1 Å². The fourth-order valence-electron chi connectivity index (χ4n) is 2.21. The van der Waals surface area contributed by atoms with Gasteiger partial charge in [-0.3, -0.25) is 4.79 Å². The minimum Gasteiger partial charge on any atom is -0.309 e. The molecule has 1 aromatic carbocycles. The molecular weight excluding hydrogens is 319 g/mol. The lowest BCUT2D eigenvalue weighted by atomic mass is 10.0. The third kappa shape index (κ3) is 9.21. The van der Waals surface area contributed by atoms with Crippen LogP contribution >= 0.6 is 24.8 Å². The normalized spacial score (nSPS) is 10.9. The molecule has 0 atom stereocenters. The molecule has 0 aromatic heterocycles. The Balaban J connectivity index is 0. The topological polar surface area (TPSA) is 23.6 Å². The van der Waals surface area contributed by atoms with Crippen LogP contribution in [-0.4, -0.2) is 56.9 Å². The van der Waals surface area contributed by atoms with Crippen LogP contribution in [0, 0.1) is 12.8 Å². The molecule has 0 aliphatic carbocycles. The van der Waals surface area contributed by atoms with E-state index in [-0.39, 0.29) is 36.5 Å². The number of allylic oxidation sites excluding steroid dienone is 1. The maximum atomic E-state index is 12.3. The second-order valence-electron chi connectivity index (χ2n) is 5.87. The highest BCUT2D eigenvalue weighted by Crippen LogP contribution is 2.09. The SMILES string of the molecule is Cc1cccc(/C=C/C(=O)C(CN(C)C)CN(C)C)c1.Cl.Cl. The van der Waals surface area contributed by atoms with Crippen LogP contribution in [0.2, 0.25) is 0 Å². The molecule has 5 heteroatoms. The molecule has 22 heavy (non-hydrogen) atoms. The number of rotatable bonds is 7. The highest BCUT2D eigenvalue weighted by atomic mass is 35.5. The van der Waals surface area contributed by atoms with Gasteiger partial charge in [0, 0.05) is 19.0 Å². The Morgan fingerprint density at radius 2 is 1.64 bits per heavy atom. The Kier molecular flexibility index (Phi) is 12.4. The molecule has 0 bridgehead atoms. The maximum Gasteiger partial charge on any atom is 0.161 e. The first-order chi connectivity index (χ1) is 9.38. The van der Waals surface area contributed by atoms with Crippen molar-refractivity contribution < 1.29 is 4.79 Å². The van der Waals surface area contributed by atoms with Crippen molar-refractivity contribution in [2.24, 2.45) is 5.92 Å². The quantitative estimate of drug-likeness (QED) is 0.708. The molecule has 0 spiro atoms. The largest absolute Gasteiger partial charge is 0.309 e. The third-order valence-corrected chi connectivity index (χ3v) is 3.06. The van der Waals surface area contributed by atoms with Gasteiger partial charge in [0.05, 0.1) is 0 Å². The van der Waals surface area contributed by atoms with Crippen molar-refractivity contribution in [1.29, 1.82) is 0 Å². The fourth-order valence-corrected chi connectivity index (χ4v) is 2.21. The number of carbonyl (C=O) groups is 1. The summed E-state index contributed by atoms with van der Waals surface area (Å²) in [5, 5.41) is 0. The third-order valence-electron chi connectivity index (χ3n) is 3.06. The van der Waals surface area contributed by atoms with Gasteiger partial charge in [0.25, 0.3) is 0 Å². The molecular formula is C17H28Cl2N2O. The number of carbonyl (C=O) groups excluding carboxylic acids is 1. The van der Waals surface area contributed by atoms with Crippen LogP contribution in [-0.2, 0) is 4.79 Å². The molecule has 0 aliphatic heterocycles. The number of hydrogen-bond acceptors (Lipinski definition) is 3. The van der Waals surface area contributed by atoms with Crippen LogP contribution in [0.15, 0.2) is 30.3 Å².